The summed E-state index contributed by atoms with van der Waals surface area (Å²) in [5, 5.41) is 15.9. The molecule has 0 saturated heterocycles. The molecule has 0 aliphatic rings. The Bertz CT molecular complexity index is 685. The number of nitrogens with one attached hydrogen (secondary N) is 1. The van der Waals surface area contributed by atoms with Crippen molar-refractivity contribution >= 4 is 12.0 Å². The van der Waals surface area contributed by atoms with Crippen LogP contribution in [0.15, 0.2) is 42.7 Å². The number of hydrogen-bond donors (Lipinski definition) is 2. The van der Waals surface area contributed by atoms with E-state index in [0.717, 1.165) is 11.1 Å². The fraction of sp³-hybridized carbons (Fsp3) is 0.353. The monoisotopic (exact) mass is 330 g/mol. The number of amides is 2. The normalized spacial score (nSPS) is 11.8. The summed E-state index contributed by atoms with van der Waals surface area (Å²) < 4.78 is 1.83. The standard InChI is InChI=1S/C17H22N4O3/c1-13(16(22)23)11-20(2)17(24)18-10-14-5-3-6-15(9-14)12-21-8-4-7-19-21/h3-9,13H,10-12H2,1-2H3,(H,18,24)(H,22,23). The van der Waals surface area contributed by atoms with E-state index in [1.165, 1.54) is 4.90 Å². The highest BCUT2D eigenvalue weighted by Gasteiger charge is 2.17. The average Bonchev–Trinajstić information content (AvgIpc) is 3.05. The Morgan fingerprint density at radius 1 is 1.33 bits per heavy atom. The summed E-state index contributed by atoms with van der Waals surface area (Å²) >= 11 is 0. The molecule has 1 atom stereocenters. The number of benzene rings is 1. The van der Waals surface area contributed by atoms with E-state index in [1.807, 2.05) is 41.2 Å². The number of nitrogens with zero attached hydrogens (tertiary/aromatic N) is 3. The van der Waals surface area contributed by atoms with Crippen molar-refractivity contribution in [1.82, 2.24) is 20.0 Å². The van der Waals surface area contributed by atoms with Gasteiger partial charge in [-0.3, -0.25) is 9.48 Å². The molecule has 0 fully saturated rings. The summed E-state index contributed by atoms with van der Waals surface area (Å²) in [5.74, 6) is -1.51. The van der Waals surface area contributed by atoms with Crippen LogP contribution in [-0.2, 0) is 17.9 Å². The van der Waals surface area contributed by atoms with E-state index in [0.29, 0.717) is 13.1 Å². The van der Waals surface area contributed by atoms with Gasteiger partial charge >= 0.3 is 12.0 Å². The van der Waals surface area contributed by atoms with Crippen LogP contribution in [0.5, 0.6) is 0 Å². The molecule has 7 nitrogen and oxygen atoms in total. The summed E-state index contributed by atoms with van der Waals surface area (Å²) in [4.78, 5) is 24.2. The van der Waals surface area contributed by atoms with Gasteiger partial charge in [-0.15, -0.1) is 0 Å². The van der Waals surface area contributed by atoms with Gasteiger partial charge in [0.2, 0.25) is 0 Å². The quantitative estimate of drug-likeness (QED) is 0.810. The van der Waals surface area contributed by atoms with E-state index in [9.17, 15) is 9.59 Å². The largest absolute Gasteiger partial charge is 0.481 e. The number of carbonyl (C=O) groups is 2. The Morgan fingerprint density at radius 3 is 2.75 bits per heavy atom. The van der Waals surface area contributed by atoms with Crippen molar-refractivity contribution in [1.29, 1.82) is 0 Å². The number of carbonyl (C=O) groups excluding carboxylic acids is 1. The van der Waals surface area contributed by atoms with E-state index >= 15 is 0 Å². The van der Waals surface area contributed by atoms with Gasteiger partial charge in [0.25, 0.3) is 0 Å². The predicted molar refractivity (Wildman–Crippen MR) is 89.4 cm³/mol. The zero-order chi connectivity index (χ0) is 17.5. The Labute approximate surface area is 140 Å². The molecule has 24 heavy (non-hydrogen) atoms. The van der Waals surface area contributed by atoms with Crippen LogP contribution in [0.3, 0.4) is 0 Å². The second kappa shape index (κ2) is 8.14. The van der Waals surface area contributed by atoms with Gasteiger partial charge < -0.3 is 15.3 Å². The first-order valence-electron chi connectivity index (χ1n) is 7.72. The molecule has 0 aliphatic heterocycles. The minimum absolute atomic E-state index is 0.167. The molecule has 7 heteroatoms. The zero-order valence-corrected chi connectivity index (χ0v) is 13.8. The van der Waals surface area contributed by atoms with Crippen LogP contribution in [0.2, 0.25) is 0 Å². The molecule has 0 bridgehead atoms. The molecule has 2 aromatic rings. The van der Waals surface area contributed by atoms with Crippen molar-refractivity contribution in [3.8, 4) is 0 Å². The lowest BCUT2D eigenvalue weighted by Crippen LogP contribution is -2.40. The lowest BCUT2D eigenvalue weighted by atomic mass is 10.1. The Balaban J connectivity index is 1.87. The highest BCUT2D eigenvalue weighted by Crippen LogP contribution is 2.07. The Morgan fingerprint density at radius 2 is 2.08 bits per heavy atom. The second-order valence-electron chi connectivity index (χ2n) is 5.80. The number of carboxylic acids is 1. The maximum atomic E-state index is 12.0. The van der Waals surface area contributed by atoms with Crippen molar-refractivity contribution in [2.75, 3.05) is 13.6 Å². The molecule has 2 amide bonds. The van der Waals surface area contributed by atoms with Crippen molar-refractivity contribution in [3.05, 3.63) is 53.9 Å². The minimum Gasteiger partial charge on any atom is -0.481 e. The third-order valence-electron chi connectivity index (χ3n) is 3.65. The molecule has 1 aromatic heterocycles. The minimum atomic E-state index is -0.916. The van der Waals surface area contributed by atoms with E-state index in [-0.39, 0.29) is 12.6 Å². The molecule has 128 valence electrons. The lowest BCUT2D eigenvalue weighted by Gasteiger charge is -2.20. The van der Waals surface area contributed by atoms with Crippen molar-refractivity contribution in [3.63, 3.8) is 0 Å². The van der Waals surface area contributed by atoms with Crippen molar-refractivity contribution in [2.24, 2.45) is 5.92 Å². The van der Waals surface area contributed by atoms with Gasteiger partial charge in [0.1, 0.15) is 0 Å². The fourth-order valence-electron chi connectivity index (χ4n) is 2.30. The molecule has 0 saturated carbocycles. The van der Waals surface area contributed by atoms with Gasteiger partial charge in [-0.2, -0.15) is 5.10 Å². The zero-order valence-electron chi connectivity index (χ0n) is 13.8. The van der Waals surface area contributed by atoms with Crippen LogP contribution in [0.4, 0.5) is 4.79 Å². The fourth-order valence-corrected chi connectivity index (χ4v) is 2.30. The molecular formula is C17H22N4O3. The summed E-state index contributed by atoms with van der Waals surface area (Å²) in [6, 6.07) is 9.48. The SMILES string of the molecule is CC(CN(C)C(=O)NCc1cccc(Cn2cccn2)c1)C(=O)O. The van der Waals surface area contributed by atoms with Crippen LogP contribution < -0.4 is 5.32 Å². The van der Waals surface area contributed by atoms with Crippen LogP contribution in [0.1, 0.15) is 18.1 Å². The molecule has 0 spiro atoms. The highest BCUT2D eigenvalue weighted by atomic mass is 16.4. The topological polar surface area (TPSA) is 87.5 Å². The third kappa shape index (κ3) is 5.12. The van der Waals surface area contributed by atoms with Crippen LogP contribution in [0.25, 0.3) is 0 Å². The van der Waals surface area contributed by atoms with Gasteiger partial charge in [-0.25, -0.2) is 4.79 Å². The number of carboxylic acid groups (broad SMARTS) is 1. The van der Waals surface area contributed by atoms with Gasteiger partial charge in [0.15, 0.2) is 0 Å². The summed E-state index contributed by atoms with van der Waals surface area (Å²) in [5.41, 5.74) is 2.07. The molecular weight excluding hydrogens is 308 g/mol. The molecule has 2 rings (SSSR count). The maximum absolute atomic E-state index is 12.0. The van der Waals surface area contributed by atoms with Gasteiger partial charge in [-0.1, -0.05) is 31.2 Å². The molecule has 1 heterocycles. The average molecular weight is 330 g/mol. The number of urea groups is 1. The number of hydrogen-bond acceptors (Lipinski definition) is 3. The Hall–Kier alpha value is -2.83. The number of aliphatic carboxylic acids is 1. The maximum Gasteiger partial charge on any atom is 0.317 e. The van der Waals surface area contributed by atoms with Gasteiger partial charge in [0, 0.05) is 32.5 Å². The first-order valence-corrected chi connectivity index (χ1v) is 7.72. The Kier molecular flexibility index (Phi) is 5.95. The lowest BCUT2D eigenvalue weighted by molar-refractivity contribution is -0.141. The summed E-state index contributed by atoms with van der Waals surface area (Å²) in [6.45, 7) is 2.80. The van der Waals surface area contributed by atoms with Crippen molar-refractivity contribution < 1.29 is 14.7 Å². The smallest absolute Gasteiger partial charge is 0.317 e. The molecule has 0 radical (unpaired) electrons. The molecule has 1 aromatic carbocycles. The predicted octanol–water partition coefficient (Wildman–Crippen LogP) is 1.79. The second-order valence-corrected chi connectivity index (χ2v) is 5.80. The van der Waals surface area contributed by atoms with E-state index in [2.05, 4.69) is 10.4 Å². The summed E-state index contributed by atoms with van der Waals surface area (Å²) in [7, 11) is 1.59. The molecule has 0 aliphatic carbocycles. The van der Waals surface area contributed by atoms with E-state index in [1.54, 1.807) is 20.2 Å². The van der Waals surface area contributed by atoms with Crippen LogP contribution in [0, 0.1) is 5.92 Å². The number of aromatic nitrogens is 2. The molecule has 1 unspecified atom stereocenters. The van der Waals surface area contributed by atoms with Gasteiger partial charge in [-0.05, 0) is 17.2 Å². The van der Waals surface area contributed by atoms with Crippen LogP contribution >= 0.6 is 0 Å². The summed E-state index contributed by atoms with van der Waals surface area (Å²) in [6.07, 6.45) is 3.63. The van der Waals surface area contributed by atoms with Gasteiger partial charge in [0.05, 0.1) is 12.5 Å². The van der Waals surface area contributed by atoms with Crippen molar-refractivity contribution in [2.45, 2.75) is 20.0 Å². The highest BCUT2D eigenvalue weighted by molar-refractivity contribution is 5.75. The number of rotatable bonds is 7. The third-order valence-corrected chi connectivity index (χ3v) is 3.65. The van der Waals surface area contributed by atoms with Crippen LogP contribution in [-0.4, -0.2) is 45.4 Å². The van der Waals surface area contributed by atoms with E-state index in [4.69, 9.17) is 5.11 Å². The van der Waals surface area contributed by atoms with E-state index < -0.39 is 11.9 Å². The first kappa shape index (κ1) is 17.5. The molecule has 2 N–H and O–H groups in total. The first-order chi connectivity index (χ1) is 11.5.